The number of fused-ring (bicyclic) bond motifs is 3. The van der Waals surface area contributed by atoms with Crippen LogP contribution in [0.3, 0.4) is 0 Å². The molecule has 1 heterocycles. The summed E-state index contributed by atoms with van der Waals surface area (Å²) in [6.45, 7) is 0. The largest absolute Gasteiger partial charge is 0.369 e. The van der Waals surface area contributed by atoms with Crippen LogP contribution in [0.15, 0.2) is 24.3 Å². The molecule has 15 heavy (non-hydrogen) atoms. The lowest BCUT2D eigenvalue weighted by Crippen LogP contribution is -2.37. The molecular weight excluding hydrogens is 192 g/mol. The summed E-state index contributed by atoms with van der Waals surface area (Å²) in [6, 6.07) is 7.35. The first-order chi connectivity index (χ1) is 7.16. The molecule has 0 bridgehead atoms. The average Bonchev–Trinajstić information content (AvgIpc) is 2.95. The zero-order valence-electron chi connectivity index (χ0n) is 7.99. The lowest BCUT2D eigenvalue weighted by molar-refractivity contribution is -0.124. The Balaban J connectivity index is 2.23. The van der Waals surface area contributed by atoms with Crippen LogP contribution in [0.1, 0.15) is 12.0 Å². The van der Waals surface area contributed by atoms with Gasteiger partial charge in [-0.3, -0.25) is 9.59 Å². The summed E-state index contributed by atoms with van der Waals surface area (Å²) in [5.41, 5.74) is 6.26. The fourth-order valence-electron chi connectivity index (χ4n) is 2.48. The van der Waals surface area contributed by atoms with Crippen molar-refractivity contribution in [2.45, 2.75) is 11.8 Å². The highest BCUT2D eigenvalue weighted by atomic mass is 16.2. The minimum Gasteiger partial charge on any atom is -0.369 e. The number of primary amides is 1. The SMILES string of the molecule is NC(=O)C12CC1C(=O)Nc1ccccc12. The fourth-order valence-corrected chi connectivity index (χ4v) is 2.48. The third kappa shape index (κ3) is 0.862. The Hall–Kier alpha value is -1.84. The summed E-state index contributed by atoms with van der Waals surface area (Å²) >= 11 is 0. The van der Waals surface area contributed by atoms with Gasteiger partial charge in [0.1, 0.15) is 0 Å². The summed E-state index contributed by atoms with van der Waals surface area (Å²) in [5.74, 6) is -0.743. The molecule has 0 spiro atoms. The van der Waals surface area contributed by atoms with E-state index in [1.54, 1.807) is 6.07 Å². The van der Waals surface area contributed by atoms with Crippen LogP contribution in [0.25, 0.3) is 0 Å². The molecule has 0 aromatic heterocycles. The molecule has 76 valence electrons. The Labute approximate surface area is 86.5 Å². The van der Waals surface area contributed by atoms with Crippen LogP contribution in [0, 0.1) is 5.92 Å². The second-order valence-electron chi connectivity index (χ2n) is 4.13. The van der Waals surface area contributed by atoms with Crippen molar-refractivity contribution in [2.24, 2.45) is 11.7 Å². The molecule has 1 aliphatic carbocycles. The molecule has 2 amide bonds. The van der Waals surface area contributed by atoms with Gasteiger partial charge in [-0.25, -0.2) is 0 Å². The Morgan fingerprint density at radius 3 is 2.93 bits per heavy atom. The molecule has 3 rings (SSSR count). The standard InChI is InChI=1S/C11H10N2O2/c12-10(15)11-5-7(11)9(14)13-8-4-2-1-3-6(8)11/h1-4,7H,5H2,(H2,12,15)(H,13,14). The number of nitrogens with two attached hydrogens (primary N) is 1. The number of nitrogens with one attached hydrogen (secondary N) is 1. The molecule has 4 nitrogen and oxygen atoms in total. The molecule has 4 heteroatoms. The average molecular weight is 202 g/mol. The maximum atomic E-state index is 11.6. The third-order valence-corrected chi connectivity index (χ3v) is 3.38. The van der Waals surface area contributed by atoms with Crippen LogP contribution in [0.4, 0.5) is 5.69 Å². The molecule has 2 atom stereocenters. The Bertz CT molecular complexity index is 483. The molecular formula is C11H10N2O2. The van der Waals surface area contributed by atoms with Crippen molar-refractivity contribution in [3.8, 4) is 0 Å². The Kier molecular flexibility index (Phi) is 1.35. The van der Waals surface area contributed by atoms with Gasteiger partial charge >= 0.3 is 0 Å². The first-order valence-electron chi connectivity index (χ1n) is 4.86. The van der Waals surface area contributed by atoms with E-state index in [1.165, 1.54) is 0 Å². The Morgan fingerprint density at radius 2 is 2.20 bits per heavy atom. The number of hydrogen-bond donors (Lipinski definition) is 2. The van der Waals surface area contributed by atoms with E-state index >= 15 is 0 Å². The van der Waals surface area contributed by atoms with Gasteiger partial charge in [0.25, 0.3) is 0 Å². The second-order valence-corrected chi connectivity index (χ2v) is 4.13. The lowest BCUT2D eigenvalue weighted by Gasteiger charge is -2.22. The minimum absolute atomic E-state index is 0.0903. The number of para-hydroxylation sites is 1. The van der Waals surface area contributed by atoms with Gasteiger partial charge in [0, 0.05) is 5.69 Å². The molecule has 1 aromatic rings. The van der Waals surface area contributed by atoms with Crippen LogP contribution >= 0.6 is 0 Å². The van der Waals surface area contributed by atoms with Crippen LogP contribution in [-0.4, -0.2) is 11.8 Å². The highest BCUT2D eigenvalue weighted by Crippen LogP contribution is 2.58. The van der Waals surface area contributed by atoms with E-state index in [0.717, 1.165) is 11.3 Å². The van der Waals surface area contributed by atoms with E-state index in [0.29, 0.717) is 6.42 Å². The van der Waals surface area contributed by atoms with Crippen molar-refractivity contribution in [1.29, 1.82) is 0 Å². The van der Waals surface area contributed by atoms with Crippen molar-refractivity contribution < 1.29 is 9.59 Å². The summed E-state index contributed by atoms with van der Waals surface area (Å²) in [7, 11) is 0. The number of rotatable bonds is 1. The van der Waals surface area contributed by atoms with Crippen molar-refractivity contribution >= 4 is 17.5 Å². The monoisotopic (exact) mass is 202 g/mol. The first-order valence-corrected chi connectivity index (χ1v) is 4.86. The van der Waals surface area contributed by atoms with Gasteiger partial charge in [-0.05, 0) is 18.1 Å². The number of benzene rings is 1. The molecule has 0 saturated heterocycles. The minimum atomic E-state index is -0.723. The Morgan fingerprint density at radius 1 is 1.47 bits per heavy atom. The molecule has 3 N–H and O–H groups in total. The van der Waals surface area contributed by atoms with Gasteiger partial charge < -0.3 is 11.1 Å². The number of amides is 2. The molecule has 0 radical (unpaired) electrons. The third-order valence-electron chi connectivity index (χ3n) is 3.38. The lowest BCUT2D eigenvalue weighted by atomic mass is 9.88. The van der Waals surface area contributed by atoms with Crippen LogP contribution < -0.4 is 11.1 Å². The molecule has 1 aromatic carbocycles. The van der Waals surface area contributed by atoms with E-state index in [1.807, 2.05) is 18.2 Å². The molecule has 2 aliphatic rings. The maximum Gasteiger partial charge on any atom is 0.228 e. The van der Waals surface area contributed by atoms with E-state index < -0.39 is 11.3 Å². The molecule has 1 aliphatic heterocycles. The zero-order valence-corrected chi connectivity index (χ0v) is 7.99. The van der Waals surface area contributed by atoms with Crippen molar-refractivity contribution in [3.63, 3.8) is 0 Å². The van der Waals surface area contributed by atoms with Gasteiger partial charge in [0.05, 0.1) is 11.3 Å². The van der Waals surface area contributed by atoms with Crippen LogP contribution in [-0.2, 0) is 15.0 Å². The highest BCUT2D eigenvalue weighted by Gasteiger charge is 2.66. The van der Waals surface area contributed by atoms with Crippen LogP contribution in [0.5, 0.6) is 0 Å². The summed E-state index contributed by atoms with van der Waals surface area (Å²) in [5, 5.41) is 2.78. The normalized spacial score (nSPS) is 31.2. The quantitative estimate of drug-likeness (QED) is 0.691. The van der Waals surface area contributed by atoms with Gasteiger partial charge in [0.15, 0.2) is 0 Å². The highest BCUT2D eigenvalue weighted by molar-refractivity contribution is 6.09. The summed E-state index contributed by atoms with van der Waals surface area (Å²) in [6.07, 6.45) is 0.547. The van der Waals surface area contributed by atoms with E-state index in [9.17, 15) is 9.59 Å². The number of anilines is 1. The van der Waals surface area contributed by atoms with Crippen molar-refractivity contribution in [1.82, 2.24) is 0 Å². The van der Waals surface area contributed by atoms with E-state index in [-0.39, 0.29) is 11.8 Å². The van der Waals surface area contributed by atoms with Crippen molar-refractivity contribution in [3.05, 3.63) is 29.8 Å². The summed E-state index contributed by atoms with van der Waals surface area (Å²) in [4.78, 5) is 23.1. The topological polar surface area (TPSA) is 72.2 Å². The van der Waals surface area contributed by atoms with Crippen LogP contribution in [0.2, 0.25) is 0 Å². The van der Waals surface area contributed by atoms with Gasteiger partial charge in [0.2, 0.25) is 11.8 Å². The fraction of sp³-hybridized carbons (Fsp3) is 0.273. The zero-order chi connectivity index (χ0) is 10.6. The number of carbonyl (C=O) groups excluding carboxylic acids is 2. The van der Waals surface area contributed by atoms with Crippen molar-refractivity contribution in [2.75, 3.05) is 5.32 Å². The predicted octanol–water partition coefficient (Wildman–Crippen LogP) is 0.382. The maximum absolute atomic E-state index is 11.6. The number of hydrogen-bond acceptors (Lipinski definition) is 2. The second kappa shape index (κ2) is 2.39. The van der Waals surface area contributed by atoms with Gasteiger partial charge in [-0.15, -0.1) is 0 Å². The molecule has 1 fully saturated rings. The van der Waals surface area contributed by atoms with Gasteiger partial charge in [-0.2, -0.15) is 0 Å². The van der Waals surface area contributed by atoms with E-state index in [2.05, 4.69) is 5.32 Å². The smallest absolute Gasteiger partial charge is 0.228 e. The predicted molar refractivity (Wildman–Crippen MR) is 54.1 cm³/mol. The van der Waals surface area contributed by atoms with E-state index in [4.69, 9.17) is 5.73 Å². The molecule has 2 unspecified atom stereocenters. The molecule has 1 saturated carbocycles. The first kappa shape index (κ1) is 8.47. The van der Waals surface area contributed by atoms with Gasteiger partial charge in [-0.1, -0.05) is 18.2 Å². The summed E-state index contributed by atoms with van der Waals surface area (Å²) < 4.78 is 0. The number of carbonyl (C=O) groups is 2.